The molecule has 0 fully saturated rings. The zero-order valence-electron chi connectivity index (χ0n) is 14.6. The van der Waals surface area contributed by atoms with E-state index in [0.717, 1.165) is 4.57 Å². The first-order valence-electron chi connectivity index (χ1n) is 8.44. The van der Waals surface area contributed by atoms with E-state index in [2.05, 4.69) is 0 Å². The number of aliphatic hydroxyl groups excluding tert-OH is 1. The number of benzene rings is 1. The van der Waals surface area contributed by atoms with E-state index in [9.17, 15) is 14.7 Å². The second kappa shape index (κ2) is 7.49. The smallest absolute Gasteiger partial charge is 0.352 e. The molecular formula is C18H25N3O3. The van der Waals surface area contributed by atoms with Crippen LogP contribution in [0.1, 0.15) is 46.2 Å². The second-order valence-corrected chi connectivity index (χ2v) is 5.52. The van der Waals surface area contributed by atoms with E-state index in [-0.39, 0.29) is 11.7 Å². The Kier molecular flexibility index (Phi) is 5.62. The van der Waals surface area contributed by atoms with E-state index in [1.54, 1.807) is 30.3 Å². The molecule has 0 saturated carbocycles. The van der Waals surface area contributed by atoms with Gasteiger partial charge in [-0.3, -0.25) is 0 Å². The summed E-state index contributed by atoms with van der Waals surface area (Å²) in [5.74, 6) is 0. The first kappa shape index (κ1) is 18.0. The zero-order valence-corrected chi connectivity index (χ0v) is 14.6. The first-order valence-corrected chi connectivity index (χ1v) is 8.44. The van der Waals surface area contributed by atoms with Crippen molar-refractivity contribution < 1.29 is 5.11 Å². The molecule has 1 N–H and O–H groups in total. The Morgan fingerprint density at radius 2 is 1.62 bits per heavy atom. The van der Waals surface area contributed by atoms with E-state index in [0.29, 0.717) is 12.1 Å². The maximum absolute atomic E-state index is 12.8. The number of rotatable bonds is 3. The molecular weight excluding hydrogens is 306 g/mol. The Hall–Kier alpha value is -2.34. The van der Waals surface area contributed by atoms with Gasteiger partial charge >= 0.3 is 11.4 Å². The van der Waals surface area contributed by atoms with Gasteiger partial charge in [0.25, 0.3) is 0 Å². The minimum absolute atomic E-state index is 0.231. The van der Waals surface area contributed by atoms with Gasteiger partial charge in [0.05, 0.1) is 23.9 Å². The highest BCUT2D eigenvalue weighted by molar-refractivity contribution is 5.30. The molecule has 3 unspecified atom stereocenters. The molecule has 2 heterocycles. The Morgan fingerprint density at radius 3 is 2.21 bits per heavy atom. The number of nitrogens with zero attached hydrogens (tertiary/aromatic N) is 3. The van der Waals surface area contributed by atoms with Crippen LogP contribution >= 0.6 is 0 Å². The van der Waals surface area contributed by atoms with Crippen molar-refractivity contribution in [3.05, 3.63) is 63.5 Å². The van der Waals surface area contributed by atoms with E-state index >= 15 is 0 Å². The van der Waals surface area contributed by atoms with Crippen LogP contribution in [-0.4, -0.2) is 25.1 Å². The van der Waals surface area contributed by atoms with Crippen molar-refractivity contribution in [1.29, 1.82) is 0 Å². The largest absolute Gasteiger partial charge is 0.391 e. The fourth-order valence-electron chi connectivity index (χ4n) is 2.88. The maximum Gasteiger partial charge on any atom is 0.352 e. The second-order valence-electron chi connectivity index (χ2n) is 5.52. The molecule has 1 aliphatic rings. The molecule has 6 heteroatoms. The average molecular weight is 331 g/mol. The molecule has 0 radical (unpaired) electrons. The highest BCUT2D eigenvalue weighted by Gasteiger charge is 2.30. The Morgan fingerprint density at radius 1 is 1.04 bits per heavy atom. The summed E-state index contributed by atoms with van der Waals surface area (Å²) in [5, 5.41) is 10.2. The van der Waals surface area contributed by atoms with Crippen molar-refractivity contribution >= 4 is 0 Å². The molecule has 130 valence electrons. The predicted octanol–water partition coefficient (Wildman–Crippen LogP) is 2.27. The molecule has 3 atom stereocenters. The summed E-state index contributed by atoms with van der Waals surface area (Å²) in [7, 11) is 0. The van der Waals surface area contributed by atoms with Gasteiger partial charge in [-0.05, 0) is 25.5 Å². The normalized spacial score (nSPS) is 20.0. The van der Waals surface area contributed by atoms with Crippen LogP contribution in [-0.2, 0) is 0 Å². The standard InChI is InChI=1S/C16H19N3O3.C2H6/c1-3-14(20)13-10-9-11(2)18-15(21)17(16(22)19(13)18)12-7-5-4-6-8-12;1-2/h4-11,13-14,20H,3H2,1-2H3;1-2H3. The third-order valence-corrected chi connectivity index (χ3v) is 4.09. The van der Waals surface area contributed by atoms with Gasteiger partial charge in [0.15, 0.2) is 0 Å². The topological polar surface area (TPSA) is 69.2 Å². The molecule has 0 amide bonds. The third-order valence-electron chi connectivity index (χ3n) is 4.09. The predicted molar refractivity (Wildman–Crippen MR) is 94.8 cm³/mol. The first-order chi connectivity index (χ1) is 11.6. The molecule has 3 rings (SSSR count). The average Bonchev–Trinajstić information content (AvgIpc) is 2.89. The van der Waals surface area contributed by atoms with Crippen molar-refractivity contribution in [2.24, 2.45) is 0 Å². The van der Waals surface area contributed by atoms with Crippen molar-refractivity contribution in [3.8, 4) is 5.69 Å². The Bertz CT molecular complexity index is 814. The summed E-state index contributed by atoms with van der Waals surface area (Å²) in [6.45, 7) is 7.69. The zero-order chi connectivity index (χ0) is 17.9. The highest BCUT2D eigenvalue weighted by Crippen LogP contribution is 2.22. The maximum atomic E-state index is 12.8. The van der Waals surface area contributed by atoms with Gasteiger partial charge in [-0.1, -0.05) is 51.1 Å². The molecule has 0 spiro atoms. The Labute approximate surface area is 141 Å². The van der Waals surface area contributed by atoms with E-state index < -0.39 is 17.8 Å². The lowest BCUT2D eigenvalue weighted by Gasteiger charge is -2.27. The van der Waals surface area contributed by atoms with Crippen LogP contribution in [0, 0.1) is 0 Å². The van der Waals surface area contributed by atoms with Crippen LogP contribution in [0.15, 0.2) is 52.1 Å². The van der Waals surface area contributed by atoms with E-state index in [4.69, 9.17) is 0 Å². The molecule has 6 nitrogen and oxygen atoms in total. The van der Waals surface area contributed by atoms with Gasteiger partial charge in [-0.25, -0.2) is 23.5 Å². The number of aliphatic hydroxyl groups is 1. The highest BCUT2D eigenvalue weighted by atomic mass is 16.3. The van der Waals surface area contributed by atoms with Gasteiger partial charge < -0.3 is 5.11 Å². The monoisotopic (exact) mass is 331 g/mol. The van der Waals surface area contributed by atoms with Crippen LogP contribution < -0.4 is 11.4 Å². The van der Waals surface area contributed by atoms with Gasteiger partial charge in [0.1, 0.15) is 0 Å². The quantitative estimate of drug-likeness (QED) is 0.877. The third kappa shape index (κ3) is 2.89. The van der Waals surface area contributed by atoms with Crippen molar-refractivity contribution in [1.82, 2.24) is 13.9 Å². The molecule has 1 aliphatic heterocycles. The number of para-hydroxylation sites is 1. The molecule has 0 aliphatic carbocycles. The van der Waals surface area contributed by atoms with E-state index in [1.807, 2.05) is 39.8 Å². The summed E-state index contributed by atoms with van der Waals surface area (Å²) < 4.78 is 3.94. The summed E-state index contributed by atoms with van der Waals surface area (Å²) >= 11 is 0. The molecule has 24 heavy (non-hydrogen) atoms. The number of hydrogen-bond acceptors (Lipinski definition) is 3. The van der Waals surface area contributed by atoms with Gasteiger partial charge in [-0.2, -0.15) is 0 Å². The van der Waals surface area contributed by atoms with Crippen molar-refractivity contribution in [2.75, 3.05) is 0 Å². The van der Waals surface area contributed by atoms with Crippen LogP contribution in [0.2, 0.25) is 0 Å². The lowest BCUT2D eigenvalue weighted by Crippen LogP contribution is -2.39. The number of hydrogen-bond donors (Lipinski definition) is 1. The summed E-state index contributed by atoms with van der Waals surface area (Å²) in [5.41, 5.74) is -0.282. The van der Waals surface area contributed by atoms with Crippen molar-refractivity contribution in [2.45, 2.75) is 52.3 Å². The van der Waals surface area contributed by atoms with E-state index in [1.165, 1.54) is 9.36 Å². The van der Waals surface area contributed by atoms with Crippen LogP contribution in [0.25, 0.3) is 5.69 Å². The fourth-order valence-corrected chi connectivity index (χ4v) is 2.88. The van der Waals surface area contributed by atoms with Crippen LogP contribution in [0.5, 0.6) is 0 Å². The molecule has 1 aromatic carbocycles. The lowest BCUT2D eigenvalue weighted by molar-refractivity contribution is 0.108. The van der Waals surface area contributed by atoms with Crippen molar-refractivity contribution in [3.63, 3.8) is 0 Å². The molecule has 2 aromatic rings. The molecule has 0 saturated heterocycles. The van der Waals surface area contributed by atoms with Gasteiger partial charge in [0.2, 0.25) is 0 Å². The van der Waals surface area contributed by atoms with Crippen LogP contribution in [0.4, 0.5) is 0 Å². The number of fused-ring (bicyclic) bond motifs is 1. The minimum atomic E-state index is -0.710. The lowest BCUT2D eigenvalue weighted by atomic mass is 10.1. The SMILES string of the molecule is CC.CCC(O)C1C=CC(C)n2c(=O)n(-c3ccccc3)c(=O)n21. The number of aromatic nitrogens is 3. The molecule has 1 aromatic heterocycles. The fraction of sp³-hybridized carbons (Fsp3) is 0.444. The van der Waals surface area contributed by atoms with Crippen LogP contribution in [0.3, 0.4) is 0 Å². The number of allylic oxidation sites excluding steroid dienone is 1. The molecule has 0 bridgehead atoms. The summed E-state index contributed by atoms with van der Waals surface area (Å²) in [4.78, 5) is 25.5. The van der Waals surface area contributed by atoms with Gasteiger partial charge in [-0.15, -0.1) is 0 Å². The van der Waals surface area contributed by atoms with Gasteiger partial charge in [0, 0.05) is 0 Å². The summed E-state index contributed by atoms with van der Waals surface area (Å²) in [6, 6.07) is 8.08. The minimum Gasteiger partial charge on any atom is -0.391 e. The summed E-state index contributed by atoms with van der Waals surface area (Å²) in [6.07, 6.45) is 3.44. The Balaban J connectivity index is 0.00000100.